The fraction of sp³-hybridized carbons (Fsp3) is 0.938. The molecule has 5 atom stereocenters. The van der Waals surface area contributed by atoms with Crippen molar-refractivity contribution in [2.24, 2.45) is 5.92 Å². The SMILES string of the molecule is CCCCCCCCCCCCCCC(=O)OC[C@H](COP(=O)(O)OC[C@@H](O)COP(=O)(O)OC[C@@H](COC(=O)CCCCCCC)OC(=O)CCCCCCCCCCCC)OC(=O)CCCCCCCCCCCCCCCCC(C)C. The van der Waals surface area contributed by atoms with Crippen LogP contribution in [0.1, 0.15) is 330 Å². The monoisotopic (exact) mass is 1240 g/mol. The second-order valence-corrected chi connectivity index (χ2v) is 26.9. The summed E-state index contributed by atoms with van der Waals surface area (Å²) < 4.78 is 67.8. The number of phosphoric ester groups is 2. The molecule has 498 valence electrons. The maximum atomic E-state index is 13.0. The molecule has 19 heteroatoms. The molecular formula is C65H126O17P2. The third kappa shape index (κ3) is 59.0. The Labute approximate surface area is 511 Å². The highest BCUT2D eigenvalue weighted by molar-refractivity contribution is 7.47. The van der Waals surface area contributed by atoms with Gasteiger partial charge in [-0.05, 0) is 31.6 Å². The number of phosphoric acid groups is 2. The van der Waals surface area contributed by atoms with Gasteiger partial charge in [0.2, 0.25) is 0 Å². The summed E-state index contributed by atoms with van der Waals surface area (Å²) in [6.45, 7) is 7.13. The number of hydrogen-bond acceptors (Lipinski definition) is 15. The number of esters is 4. The van der Waals surface area contributed by atoms with Crippen molar-refractivity contribution in [3.05, 3.63) is 0 Å². The summed E-state index contributed by atoms with van der Waals surface area (Å²) in [5.74, 6) is -1.35. The fourth-order valence-electron chi connectivity index (χ4n) is 9.76. The van der Waals surface area contributed by atoms with Gasteiger partial charge in [0.1, 0.15) is 19.3 Å². The minimum atomic E-state index is -4.94. The molecule has 0 aromatic carbocycles. The van der Waals surface area contributed by atoms with Gasteiger partial charge in [-0.1, -0.05) is 279 Å². The van der Waals surface area contributed by atoms with Crippen LogP contribution in [0.15, 0.2) is 0 Å². The molecule has 0 saturated heterocycles. The van der Waals surface area contributed by atoms with E-state index in [1.807, 2.05) is 0 Å². The highest BCUT2D eigenvalue weighted by atomic mass is 31.2. The Morgan fingerprint density at radius 1 is 0.321 bits per heavy atom. The first-order valence-electron chi connectivity index (χ1n) is 34.1. The van der Waals surface area contributed by atoms with Gasteiger partial charge in [-0.25, -0.2) is 9.13 Å². The molecule has 0 aliphatic rings. The normalized spacial score (nSPS) is 14.2. The summed E-state index contributed by atoms with van der Waals surface area (Å²) in [7, 11) is -9.88. The van der Waals surface area contributed by atoms with Crippen molar-refractivity contribution in [1.82, 2.24) is 0 Å². The number of carbonyl (C=O) groups excluding carboxylic acids is 4. The fourth-order valence-corrected chi connectivity index (χ4v) is 11.3. The Hall–Kier alpha value is -1.94. The molecule has 2 unspecified atom stereocenters. The first kappa shape index (κ1) is 82.1. The average Bonchev–Trinajstić information content (AvgIpc) is 3.50. The van der Waals surface area contributed by atoms with Crippen molar-refractivity contribution in [2.75, 3.05) is 39.6 Å². The van der Waals surface area contributed by atoms with Crippen molar-refractivity contribution in [3.8, 4) is 0 Å². The first-order chi connectivity index (χ1) is 40.5. The largest absolute Gasteiger partial charge is 0.472 e. The molecule has 17 nitrogen and oxygen atoms in total. The van der Waals surface area contributed by atoms with Gasteiger partial charge in [0.15, 0.2) is 12.2 Å². The Morgan fingerprint density at radius 3 is 0.810 bits per heavy atom. The predicted molar refractivity (Wildman–Crippen MR) is 335 cm³/mol. The van der Waals surface area contributed by atoms with Crippen LogP contribution in [-0.4, -0.2) is 96.7 Å². The number of aliphatic hydroxyl groups excluding tert-OH is 1. The van der Waals surface area contributed by atoms with Gasteiger partial charge in [-0.3, -0.25) is 37.3 Å². The number of rotatable bonds is 65. The van der Waals surface area contributed by atoms with Gasteiger partial charge in [0.25, 0.3) is 0 Å². The van der Waals surface area contributed by atoms with Crippen molar-refractivity contribution >= 4 is 39.5 Å². The lowest BCUT2D eigenvalue weighted by molar-refractivity contribution is -0.161. The van der Waals surface area contributed by atoms with Crippen LogP contribution in [0.5, 0.6) is 0 Å². The Balaban J connectivity index is 5.15. The summed E-state index contributed by atoms with van der Waals surface area (Å²) in [6.07, 6.45) is 43.3. The highest BCUT2D eigenvalue weighted by Crippen LogP contribution is 2.45. The van der Waals surface area contributed by atoms with E-state index in [2.05, 4.69) is 34.6 Å². The van der Waals surface area contributed by atoms with Gasteiger partial charge in [-0.15, -0.1) is 0 Å². The summed E-state index contributed by atoms with van der Waals surface area (Å²) in [5.41, 5.74) is 0. The molecule has 0 spiro atoms. The van der Waals surface area contributed by atoms with Gasteiger partial charge in [0.05, 0.1) is 26.4 Å². The number of ether oxygens (including phenoxy) is 4. The van der Waals surface area contributed by atoms with Crippen LogP contribution in [0.2, 0.25) is 0 Å². The van der Waals surface area contributed by atoms with Crippen molar-refractivity contribution in [3.63, 3.8) is 0 Å². The zero-order valence-electron chi connectivity index (χ0n) is 54.0. The highest BCUT2D eigenvalue weighted by Gasteiger charge is 2.30. The number of unbranched alkanes of at least 4 members (excludes halogenated alkanes) is 37. The topological polar surface area (TPSA) is 237 Å². The van der Waals surface area contributed by atoms with Crippen LogP contribution < -0.4 is 0 Å². The third-order valence-corrected chi connectivity index (χ3v) is 16.9. The average molecular weight is 1240 g/mol. The second-order valence-electron chi connectivity index (χ2n) is 24.0. The Bertz CT molecular complexity index is 1640. The molecule has 0 aliphatic carbocycles. The summed E-state index contributed by atoms with van der Waals surface area (Å²) >= 11 is 0. The van der Waals surface area contributed by atoms with E-state index in [1.54, 1.807) is 0 Å². The molecule has 84 heavy (non-hydrogen) atoms. The van der Waals surface area contributed by atoms with Crippen molar-refractivity contribution in [2.45, 2.75) is 348 Å². The van der Waals surface area contributed by atoms with E-state index < -0.39 is 97.5 Å². The smallest absolute Gasteiger partial charge is 0.462 e. The van der Waals surface area contributed by atoms with Gasteiger partial charge < -0.3 is 33.8 Å². The lowest BCUT2D eigenvalue weighted by Crippen LogP contribution is -2.30. The lowest BCUT2D eigenvalue weighted by atomic mass is 10.0. The first-order valence-corrected chi connectivity index (χ1v) is 37.1. The maximum absolute atomic E-state index is 13.0. The molecule has 0 radical (unpaired) electrons. The number of carbonyl (C=O) groups is 4. The molecule has 3 N–H and O–H groups in total. The molecule has 0 rings (SSSR count). The molecule has 0 aromatic heterocycles. The zero-order valence-corrected chi connectivity index (χ0v) is 55.8. The quantitative estimate of drug-likeness (QED) is 0.0222. The van der Waals surface area contributed by atoms with E-state index >= 15 is 0 Å². The molecule has 0 saturated carbocycles. The van der Waals surface area contributed by atoms with Gasteiger partial charge >= 0.3 is 39.5 Å². The Morgan fingerprint density at radius 2 is 0.548 bits per heavy atom. The third-order valence-electron chi connectivity index (χ3n) is 15.0. The molecule has 0 aliphatic heterocycles. The van der Waals surface area contributed by atoms with Gasteiger partial charge in [0, 0.05) is 25.7 Å². The summed E-state index contributed by atoms with van der Waals surface area (Å²) in [4.78, 5) is 72.0. The molecular weight excluding hydrogens is 1110 g/mol. The Kier molecular flexibility index (Phi) is 57.4. The zero-order chi connectivity index (χ0) is 62.0. The standard InChI is InChI=1S/C65H126O17P2/c1-6-9-12-15-17-19-21-27-31-34-39-44-49-63(68)76-55-61(82-65(70)51-46-41-36-32-28-25-23-22-24-26-29-33-38-42-47-58(4)5)57-80-84(73,74)78-53-59(66)52-77-83(71,72)79-56-60(54-75-62(67)48-43-37-14-11-8-3)81-64(69)50-45-40-35-30-20-18-16-13-10-7-2/h58-61,66H,6-57H2,1-5H3,(H,71,72)(H,73,74)/t59-,60+,61+/m0/s1. The number of hydrogen-bond donors (Lipinski definition) is 3. The second kappa shape index (κ2) is 58.7. The number of aliphatic hydroxyl groups is 1. The van der Waals surface area contributed by atoms with E-state index in [0.29, 0.717) is 25.7 Å². The van der Waals surface area contributed by atoms with E-state index in [4.69, 9.17) is 37.0 Å². The molecule has 0 amide bonds. The summed E-state index contributed by atoms with van der Waals surface area (Å²) in [5, 5.41) is 10.5. The van der Waals surface area contributed by atoms with E-state index in [9.17, 15) is 43.2 Å². The van der Waals surface area contributed by atoms with Gasteiger partial charge in [-0.2, -0.15) is 0 Å². The maximum Gasteiger partial charge on any atom is 0.472 e. The molecule has 0 heterocycles. The minimum Gasteiger partial charge on any atom is -0.462 e. The van der Waals surface area contributed by atoms with E-state index in [-0.39, 0.29) is 25.7 Å². The van der Waals surface area contributed by atoms with Crippen LogP contribution in [0.4, 0.5) is 0 Å². The molecule has 0 bridgehead atoms. The minimum absolute atomic E-state index is 0.106. The van der Waals surface area contributed by atoms with Crippen molar-refractivity contribution in [1.29, 1.82) is 0 Å². The summed E-state index contributed by atoms with van der Waals surface area (Å²) in [6, 6.07) is 0. The van der Waals surface area contributed by atoms with Crippen LogP contribution >= 0.6 is 15.6 Å². The van der Waals surface area contributed by atoms with E-state index in [0.717, 1.165) is 102 Å². The van der Waals surface area contributed by atoms with Crippen molar-refractivity contribution < 1.29 is 80.2 Å². The van der Waals surface area contributed by atoms with Crippen LogP contribution in [0.25, 0.3) is 0 Å². The molecule has 0 aromatic rings. The lowest BCUT2D eigenvalue weighted by Gasteiger charge is -2.21. The van der Waals surface area contributed by atoms with E-state index in [1.165, 1.54) is 148 Å². The van der Waals surface area contributed by atoms with Crippen LogP contribution in [0.3, 0.4) is 0 Å². The molecule has 0 fully saturated rings. The van der Waals surface area contributed by atoms with Crippen LogP contribution in [0, 0.1) is 5.92 Å². The van der Waals surface area contributed by atoms with Crippen LogP contribution in [-0.2, 0) is 65.4 Å². The predicted octanol–water partition coefficient (Wildman–Crippen LogP) is 18.2.